The summed E-state index contributed by atoms with van der Waals surface area (Å²) >= 11 is 0. The van der Waals surface area contributed by atoms with Gasteiger partial charge in [0.05, 0.1) is 4.90 Å². The van der Waals surface area contributed by atoms with E-state index in [0.29, 0.717) is 36.2 Å². The van der Waals surface area contributed by atoms with Gasteiger partial charge in [-0.2, -0.15) is 0 Å². The summed E-state index contributed by atoms with van der Waals surface area (Å²) in [5, 5.41) is 0. The SMILES string of the molecule is Cc1ccc(S(=O)(=O)Nc2ccc(C(=O)N3CC4C(N)C4C3)cc2)cc1. The zero-order chi connectivity index (χ0) is 18.5. The van der Waals surface area contributed by atoms with E-state index in [2.05, 4.69) is 4.72 Å². The van der Waals surface area contributed by atoms with Gasteiger partial charge in [0.2, 0.25) is 0 Å². The number of hydrogen-bond acceptors (Lipinski definition) is 4. The van der Waals surface area contributed by atoms with Crippen molar-refractivity contribution in [3.05, 3.63) is 59.7 Å². The fourth-order valence-electron chi connectivity index (χ4n) is 3.53. The maximum Gasteiger partial charge on any atom is 0.261 e. The minimum Gasteiger partial charge on any atom is -0.338 e. The number of nitrogens with two attached hydrogens (primary N) is 1. The zero-order valence-electron chi connectivity index (χ0n) is 14.4. The number of fused-ring (bicyclic) bond motifs is 1. The highest BCUT2D eigenvalue weighted by atomic mass is 32.2. The van der Waals surface area contributed by atoms with Gasteiger partial charge in [-0.3, -0.25) is 9.52 Å². The molecule has 7 heteroatoms. The van der Waals surface area contributed by atoms with Crippen molar-refractivity contribution in [3.8, 4) is 0 Å². The van der Waals surface area contributed by atoms with Crippen molar-refractivity contribution < 1.29 is 13.2 Å². The van der Waals surface area contributed by atoms with Gasteiger partial charge in [0.25, 0.3) is 15.9 Å². The van der Waals surface area contributed by atoms with Crippen LogP contribution in [0.25, 0.3) is 0 Å². The highest BCUT2D eigenvalue weighted by molar-refractivity contribution is 7.92. The number of nitrogens with one attached hydrogen (secondary N) is 1. The smallest absolute Gasteiger partial charge is 0.261 e. The number of piperidine rings is 1. The van der Waals surface area contributed by atoms with E-state index in [4.69, 9.17) is 5.73 Å². The molecular formula is C19H21N3O3S. The predicted molar refractivity (Wildman–Crippen MR) is 99.3 cm³/mol. The number of sulfonamides is 1. The number of nitrogens with zero attached hydrogens (tertiary/aromatic N) is 1. The molecule has 0 spiro atoms. The molecule has 1 aliphatic heterocycles. The maximum absolute atomic E-state index is 12.5. The van der Waals surface area contributed by atoms with Crippen molar-refractivity contribution in [2.45, 2.75) is 17.9 Å². The summed E-state index contributed by atoms with van der Waals surface area (Å²) in [7, 11) is -3.65. The monoisotopic (exact) mass is 371 g/mol. The summed E-state index contributed by atoms with van der Waals surface area (Å²) in [6, 6.07) is 13.4. The number of likely N-dealkylation sites (tertiary alicyclic amines) is 1. The van der Waals surface area contributed by atoms with Gasteiger partial charge < -0.3 is 10.6 Å². The first-order valence-electron chi connectivity index (χ1n) is 8.59. The van der Waals surface area contributed by atoms with E-state index in [1.165, 1.54) is 0 Å². The van der Waals surface area contributed by atoms with Crippen LogP contribution in [0, 0.1) is 18.8 Å². The fourth-order valence-corrected chi connectivity index (χ4v) is 4.59. The van der Waals surface area contributed by atoms with Crippen LogP contribution in [-0.4, -0.2) is 38.4 Å². The van der Waals surface area contributed by atoms with Gasteiger partial charge in [0.1, 0.15) is 0 Å². The summed E-state index contributed by atoms with van der Waals surface area (Å²) in [6.45, 7) is 3.33. The standard InChI is InChI=1S/C19H21N3O3S/c1-12-2-8-15(9-3-12)26(24,25)21-14-6-4-13(5-7-14)19(23)22-10-16-17(11-22)18(16)20/h2-9,16-18,21H,10-11,20H2,1H3. The first-order valence-corrected chi connectivity index (χ1v) is 10.1. The van der Waals surface area contributed by atoms with Crippen molar-refractivity contribution in [2.75, 3.05) is 17.8 Å². The van der Waals surface area contributed by atoms with Crippen molar-refractivity contribution in [1.29, 1.82) is 0 Å². The molecule has 136 valence electrons. The number of carbonyl (C=O) groups is 1. The van der Waals surface area contributed by atoms with E-state index in [-0.39, 0.29) is 16.8 Å². The Bertz CT molecular complexity index is 927. The molecule has 1 aliphatic carbocycles. The molecule has 1 heterocycles. The van der Waals surface area contributed by atoms with Gasteiger partial charge in [0.15, 0.2) is 0 Å². The van der Waals surface area contributed by atoms with Crippen LogP contribution in [0.1, 0.15) is 15.9 Å². The molecule has 0 aromatic heterocycles. The second-order valence-electron chi connectivity index (χ2n) is 7.11. The molecule has 2 unspecified atom stereocenters. The van der Waals surface area contributed by atoms with E-state index >= 15 is 0 Å². The number of anilines is 1. The Morgan fingerprint density at radius 3 is 2.19 bits per heavy atom. The molecule has 2 aromatic rings. The zero-order valence-corrected chi connectivity index (χ0v) is 15.2. The quantitative estimate of drug-likeness (QED) is 0.857. The number of hydrogen-bond donors (Lipinski definition) is 2. The van der Waals surface area contributed by atoms with Crippen molar-refractivity contribution in [2.24, 2.45) is 17.6 Å². The van der Waals surface area contributed by atoms with Gasteiger partial charge in [-0.1, -0.05) is 17.7 Å². The van der Waals surface area contributed by atoms with Crippen LogP contribution < -0.4 is 10.5 Å². The van der Waals surface area contributed by atoms with E-state index in [9.17, 15) is 13.2 Å². The molecular weight excluding hydrogens is 350 g/mol. The van der Waals surface area contributed by atoms with Gasteiger partial charge in [-0.25, -0.2) is 8.42 Å². The van der Waals surface area contributed by atoms with Crippen LogP contribution in [0.2, 0.25) is 0 Å². The molecule has 2 aliphatic rings. The second-order valence-corrected chi connectivity index (χ2v) is 8.79. The second kappa shape index (κ2) is 6.10. The largest absolute Gasteiger partial charge is 0.338 e. The van der Waals surface area contributed by atoms with Crippen molar-refractivity contribution >= 4 is 21.6 Å². The van der Waals surface area contributed by atoms with Crippen LogP contribution in [0.5, 0.6) is 0 Å². The fraction of sp³-hybridized carbons (Fsp3) is 0.316. The molecule has 2 aromatic carbocycles. The molecule has 2 fully saturated rings. The lowest BCUT2D eigenvalue weighted by molar-refractivity contribution is 0.0773. The van der Waals surface area contributed by atoms with E-state index < -0.39 is 10.0 Å². The number of carbonyl (C=O) groups excluding carboxylic acids is 1. The van der Waals surface area contributed by atoms with Crippen molar-refractivity contribution in [1.82, 2.24) is 4.90 Å². The summed E-state index contributed by atoms with van der Waals surface area (Å²) in [5.41, 5.74) is 7.88. The molecule has 1 saturated heterocycles. The average molecular weight is 371 g/mol. The average Bonchev–Trinajstić information content (AvgIpc) is 3.03. The molecule has 0 bridgehead atoms. The molecule has 2 atom stereocenters. The first-order chi connectivity index (χ1) is 12.3. The maximum atomic E-state index is 12.5. The van der Waals surface area contributed by atoms with Gasteiger partial charge >= 0.3 is 0 Å². The molecule has 1 amide bonds. The van der Waals surface area contributed by atoms with Crippen LogP contribution in [0.4, 0.5) is 5.69 Å². The molecule has 1 saturated carbocycles. The summed E-state index contributed by atoms with van der Waals surface area (Å²) < 4.78 is 27.4. The minimum absolute atomic E-state index is 0.0302. The molecule has 0 radical (unpaired) electrons. The van der Waals surface area contributed by atoms with Crippen LogP contribution in [0.15, 0.2) is 53.4 Å². The molecule has 6 nitrogen and oxygen atoms in total. The van der Waals surface area contributed by atoms with E-state index in [1.54, 1.807) is 48.5 Å². The molecule has 3 N–H and O–H groups in total. The third-order valence-corrected chi connectivity index (χ3v) is 6.66. The topological polar surface area (TPSA) is 92.5 Å². The van der Waals surface area contributed by atoms with E-state index in [0.717, 1.165) is 5.56 Å². The number of rotatable bonds is 4. The Labute approximate surface area is 153 Å². The van der Waals surface area contributed by atoms with Crippen LogP contribution >= 0.6 is 0 Å². The number of amides is 1. The van der Waals surface area contributed by atoms with Gasteiger partial charge in [-0.05, 0) is 55.2 Å². The third kappa shape index (κ3) is 3.08. The third-order valence-electron chi connectivity index (χ3n) is 5.26. The predicted octanol–water partition coefficient (Wildman–Crippen LogP) is 1.82. The number of benzene rings is 2. The van der Waals surface area contributed by atoms with Crippen LogP contribution in [-0.2, 0) is 10.0 Å². The lowest BCUT2D eigenvalue weighted by Crippen LogP contribution is -2.33. The lowest BCUT2D eigenvalue weighted by atomic mass is 10.2. The summed E-state index contributed by atoms with van der Waals surface area (Å²) in [6.07, 6.45) is 0. The van der Waals surface area contributed by atoms with Gasteiger partial charge in [0, 0.05) is 30.4 Å². The number of aryl methyl sites for hydroxylation is 1. The Hall–Kier alpha value is -2.38. The Morgan fingerprint density at radius 2 is 1.62 bits per heavy atom. The summed E-state index contributed by atoms with van der Waals surface area (Å²) in [4.78, 5) is 14.5. The normalized spacial score (nSPS) is 24.2. The Kier molecular flexibility index (Phi) is 4.00. The Balaban J connectivity index is 1.44. The van der Waals surface area contributed by atoms with Crippen LogP contribution in [0.3, 0.4) is 0 Å². The minimum atomic E-state index is -3.65. The molecule has 4 rings (SSSR count). The van der Waals surface area contributed by atoms with Gasteiger partial charge in [-0.15, -0.1) is 0 Å². The summed E-state index contributed by atoms with van der Waals surface area (Å²) in [5.74, 6) is 0.858. The van der Waals surface area contributed by atoms with Crippen molar-refractivity contribution in [3.63, 3.8) is 0 Å². The highest BCUT2D eigenvalue weighted by Gasteiger charge is 2.54. The Morgan fingerprint density at radius 1 is 1.04 bits per heavy atom. The highest BCUT2D eigenvalue weighted by Crippen LogP contribution is 2.44. The van der Waals surface area contributed by atoms with E-state index in [1.807, 2.05) is 11.8 Å². The lowest BCUT2D eigenvalue weighted by Gasteiger charge is -2.19. The first kappa shape index (κ1) is 17.1. The molecule has 26 heavy (non-hydrogen) atoms.